The number of aryl methyl sites for hydroxylation is 2. The van der Waals surface area contributed by atoms with E-state index in [-0.39, 0.29) is 17.5 Å². The molecule has 0 bridgehead atoms. The molecule has 2 aromatic rings. The van der Waals surface area contributed by atoms with E-state index in [1.54, 1.807) is 6.07 Å². The van der Waals surface area contributed by atoms with E-state index in [0.29, 0.717) is 18.0 Å². The monoisotopic (exact) mass is 339 g/mol. The van der Waals surface area contributed by atoms with Crippen LogP contribution in [-0.4, -0.2) is 23.3 Å². The predicted octanol–water partition coefficient (Wildman–Crippen LogP) is 3.73. The maximum Gasteiger partial charge on any atom is 0.274 e. The Balaban J connectivity index is 2.06. The third-order valence-corrected chi connectivity index (χ3v) is 3.74. The number of hydrogen-bond acceptors (Lipinski definition) is 3. The first-order valence-corrected chi connectivity index (χ1v) is 8.49. The van der Waals surface area contributed by atoms with Crippen molar-refractivity contribution in [2.24, 2.45) is 5.92 Å². The summed E-state index contributed by atoms with van der Waals surface area (Å²) >= 11 is 0. The van der Waals surface area contributed by atoms with E-state index in [1.807, 2.05) is 32.0 Å². The lowest BCUT2D eigenvalue weighted by atomic mass is 10.1. The number of amides is 2. The molecule has 0 aliphatic heterocycles. The highest BCUT2D eigenvalue weighted by molar-refractivity contribution is 6.04. The number of aromatic nitrogens is 1. The molecule has 0 aliphatic rings. The topological polar surface area (TPSA) is 71.1 Å². The Hall–Kier alpha value is -2.69. The van der Waals surface area contributed by atoms with Gasteiger partial charge in [0.2, 0.25) is 0 Å². The second kappa shape index (κ2) is 8.42. The standard InChI is InChI=1S/C20H25N3O2/c1-13(2)5-7-22-19(24)16-6-8-21-18(12-16)20(25)23-17-10-14(3)9-15(4)11-17/h6,8-13H,5,7H2,1-4H3,(H,22,24)(H,23,25). The Morgan fingerprint density at radius 3 is 2.36 bits per heavy atom. The van der Waals surface area contributed by atoms with E-state index in [0.717, 1.165) is 23.2 Å². The average molecular weight is 339 g/mol. The molecule has 0 spiro atoms. The second-order valence-corrected chi connectivity index (χ2v) is 6.70. The van der Waals surface area contributed by atoms with Crippen molar-refractivity contribution in [1.29, 1.82) is 0 Å². The predicted molar refractivity (Wildman–Crippen MR) is 99.9 cm³/mol. The van der Waals surface area contributed by atoms with Crippen LogP contribution < -0.4 is 10.6 Å². The molecule has 2 N–H and O–H groups in total. The Kier molecular flexibility index (Phi) is 6.28. The number of carbonyl (C=O) groups is 2. The highest BCUT2D eigenvalue weighted by Gasteiger charge is 2.12. The zero-order valence-corrected chi connectivity index (χ0v) is 15.2. The summed E-state index contributed by atoms with van der Waals surface area (Å²) in [5, 5.41) is 5.69. The molecule has 0 atom stereocenters. The minimum absolute atomic E-state index is 0.191. The van der Waals surface area contributed by atoms with Crippen molar-refractivity contribution in [2.45, 2.75) is 34.1 Å². The van der Waals surface area contributed by atoms with Gasteiger partial charge in [-0.05, 0) is 61.6 Å². The molecule has 1 aromatic heterocycles. The van der Waals surface area contributed by atoms with Crippen LogP contribution in [0.2, 0.25) is 0 Å². The smallest absolute Gasteiger partial charge is 0.274 e. The molecule has 0 saturated heterocycles. The molecule has 1 heterocycles. The van der Waals surface area contributed by atoms with Gasteiger partial charge in [0.15, 0.2) is 0 Å². The minimum atomic E-state index is -0.332. The molecule has 2 amide bonds. The van der Waals surface area contributed by atoms with Gasteiger partial charge in [-0.15, -0.1) is 0 Å². The fourth-order valence-electron chi connectivity index (χ4n) is 2.51. The van der Waals surface area contributed by atoms with Gasteiger partial charge in [-0.3, -0.25) is 14.6 Å². The van der Waals surface area contributed by atoms with Crippen LogP contribution >= 0.6 is 0 Å². The SMILES string of the molecule is Cc1cc(C)cc(NC(=O)c2cc(C(=O)NCCC(C)C)ccn2)c1. The molecule has 0 aliphatic carbocycles. The van der Waals surface area contributed by atoms with Gasteiger partial charge in [0.25, 0.3) is 11.8 Å². The highest BCUT2D eigenvalue weighted by Crippen LogP contribution is 2.15. The van der Waals surface area contributed by atoms with Crippen molar-refractivity contribution in [3.05, 3.63) is 58.9 Å². The maximum atomic E-state index is 12.4. The first-order valence-electron chi connectivity index (χ1n) is 8.49. The van der Waals surface area contributed by atoms with E-state index in [2.05, 4.69) is 29.5 Å². The first-order chi connectivity index (χ1) is 11.8. The van der Waals surface area contributed by atoms with Crippen molar-refractivity contribution in [3.63, 3.8) is 0 Å². The number of carbonyl (C=O) groups excluding carboxylic acids is 2. The summed E-state index contributed by atoms with van der Waals surface area (Å²) < 4.78 is 0. The summed E-state index contributed by atoms with van der Waals surface area (Å²) in [6, 6.07) is 8.96. The van der Waals surface area contributed by atoms with Crippen molar-refractivity contribution in [3.8, 4) is 0 Å². The Labute approximate surface area is 148 Å². The molecule has 5 heteroatoms. The Bertz CT molecular complexity index is 749. The molecule has 25 heavy (non-hydrogen) atoms. The van der Waals surface area contributed by atoms with E-state index < -0.39 is 0 Å². The van der Waals surface area contributed by atoms with Crippen LogP contribution in [0.3, 0.4) is 0 Å². The molecule has 2 rings (SSSR count). The zero-order chi connectivity index (χ0) is 18.4. The Morgan fingerprint density at radius 2 is 1.72 bits per heavy atom. The van der Waals surface area contributed by atoms with Gasteiger partial charge >= 0.3 is 0 Å². The lowest BCUT2D eigenvalue weighted by molar-refractivity contribution is 0.0952. The third kappa shape index (κ3) is 5.71. The Morgan fingerprint density at radius 1 is 1.04 bits per heavy atom. The molecule has 0 unspecified atom stereocenters. The van der Waals surface area contributed by atoms with E-state index in [1.165, 1.54) is 12.3 Å². The fourth-order valence-corrected chi connectivity index (χ4v) is 2.51. The quantitative estimate of drug-likeness (QED) is 0.842. The molecule has 5 nitrogen and oxygen atoms in total. The van der Waals surface area contributed by atoms with Gasteiger partial charge in [0.05, 0.1) is 0 Å². The van der Waals surface area contributed by atoms with Gasteiger partial charge < -0.3 is 10.6 Å². The van der Waals surface area contributed by atoms with Gasteiger partial charge in [-0.25, -0.2) is 0 Å². The summed E-state index contributed by atoms with van der Waals surface area (Å²) in [7, 11) is 0. The fraction of sp³-hybridized carbons (Fsp3) is 0.350. The van der Waals surface area contributed by atoms with Gasteiger partial charge in [0.1, 0.15) is 5.69 Å². The van der Waals surface area contributed by atoms with Crippen LogP contribution in [0.15, 0.2) is 36.5 Å². The number of hydrogen-bond donors (Lipinski definition) is 2. The molecule has 132 valence electrons. The lowest BCUT2D eigenvalue weighted by Crippen LogP contribution is -2.26. The largest absolute Gasteiger partial charge is 0.352 e. The molecule has 0 radical (unpaired) electrons. The summed E-state index contributed by atoms with van der Waals surface area (Å²) in [6.07, 6.45) is 2.39. The van der Waals surface area contributed by atoms with E-state index in [4.69, 9.17) is 0 Å². The van der Waals surface area contributed by atoms with Crippen LogP contribution in [0, 0.1) is 19.8 Å². The lowest BCUT2D eigenvalue weighted by Gasteiger charge is -2.09. The number of benzene rings is 1. The summed E-state index contributed by atoms with van der Waals surface area (Å²) in [4.78, 5) is 28.7. The second-order valence-electron chi connectivity index (χ2n) is 6.70. The normalized spacial score (nSPS) is 10.6. The van der Waals surface area contributed by atoms with Crippen molar-refractivity contribution in [1.82, 2.24) is 10.3 Å². The van der Waals surface area contributed by atoms with Gasteiger partial charge in [-0.2, -0.15) is 0 Å². The van der Waals surface area contributed by atoms with Crippen LogP contribution in [0.1, 0.15) is 52.2 Å². The van der Waals surface area contributed by atoms with Crippen LogP contribution in [-0.2, 0) is 0 Å². The number of rotatable bonds is 6. The average Bonchev–Trinajstić information content (AvgIpc) is 2.53. The number of nitrogens with zero attached hydrogens (tertiary/aromatic N) is 1. The highest BCUT2D eigenvalue weighted by atomic mass is 16.2. The summed E-state index contributed by atoms with van der Waals surface area (Å²) in [5.74, 6) is 0.00203. The van der Waals surface area contributed by atoms with E-state index in [9.17, 15) is 9.59 Å². The van der Waals surface area contributed by atoms with E-state index >= 15 is 0 Å². The molecular weight excluding hydrogens is 314 g/mol. The van der Waals surface area contributed by atoms with Crippen molar-refractivity contribution in [2.75, 3.05) is 11.9 Å². The molecule has 1 aromatic carbocycles. The first kappa shape index (κ1) is 18.6. The summed E-state index contributed by atoms with van der Waals surface area (Å²) in [6.45, 7) is 8.77. The molecular formula is C20H25N3O2. The zero-order valence-electron chi connectivity index (χ0n) is 15.2. The maximum absolute atomic E-state index is 12.4. The van der Waals surface area contributed by atoms with Crippen molar-refractivity contribution < 1.29 is 9.59 Å². The van der Waals surface area contributed by atoms with Crippen LogP contribution in [0.4, 0.5) is 5.69 Å². The third-order valence-electron chi connectivity index (χ3n) is 3.74. The molecule has 0 fully saturated rings. The van der Waals surface area contributed by atoms with Gasteiger partial charge in [0, 0.05) is 24.0 Å². The number of pyridine rings is 1. The molecule has 0 saturated carbocycles. The minimum Gasteiger partial charge on any atom is -0.352 e. The van der Waals surface area contributed by atoms with Crippen LogP contribution in [0.25, 0.3) is 0 Å². The summed E-state index contributed by atoms with van der Waals surface area (Å²) in [5.41, 5.74) is 3.51. The number of anilines is 1. The number of nitrogens with one attached hydrogen (secondary N) is 2. The van der Waals surface area contributed by atoms with Gasteiger partial charge in [-0.1, -0.05) is 19.9 Å². The van der Waals surface area contributed by atoms with Crippen LogP contribution in [0.5, 0.6) is 0 Å². The van der Waals surface area contributed by atoms with Crippen molar-refractivity contribution >= 4 is 17.5 Å².